The van der Waals surface area contributed by atoms with Crippen LogP contribution in [0.2, 0.25) is 0 Å². The molecule has 3 aromatic rings. The summed E-state index contributed by atoms with van der Waals surface area (Å²) in [6, 6.07) is 11.5. The molecule has 0 aliphatic heterocycles. The molecule has 0 radical (unpaired) electrons. The van der Waals surface area contributed by atoms with Gasteiger partial charge in [0.25, 0.3) is 5.91 Å². The van der Waals surface area contributed by atoms with Crippen molar-refractivity contribution in [2.45, 2.75) is 11.4 Å². The number of rotatable bonds is 6. The molecular weight excluding hydrogens is 378 g/mol. The second kappa shape index (κ2) is 7.68. The lowest BCUT2D eigenvalue weighted by molar-refractivity contribution is 0.102. The lowest BCUT2D eigenvalue weighted by Gasteiger charge is -2.09. The molecule has 0 saturated carbocycles. The van der Waals surface area contributed by atoms with Gasteiger partial charge >= 0.3 is 0 Å². The maximum atomic E-state index is 13.2. The van der Waals surface area contributed by atoms with Crippen molar-refractivity contribution in [3.05, 3.63) is 83.8 Å². The highest BCUT2D eigenvalue weighted by Crippen LogP contribution is 2.17. The highest BCUT2D eigenvalue weighted by molar-refractivity contribution is 7.89. The van der Waals surface area contributed by atoms with E-state index in [9.17, 15) is 22.0 Å². The molecule has 1 heterocycles. The normalized spacial score (nSPS) is 11.3. The maximum absolute atomic E-state index is 13.2. The van der Waals surface area contributed by atoms with Crippen molar-refractivity contribution in [1.82, 2.24) is 4.72 Å². The molecule has 0 fully saturated rings. The molecule has 0 spiro atoms. The molecule has 2 aromatic carbocycles. The highest BCUT2D eigenvalue weighted by Gasteiger charge is 2.16. The van der Waals surface area contributed by atoms with Gasteiger partial charge in [-0.1, -0.05) is 6.07 Å². The lowest BCUT2D eigenvalue weighted by Crippen LogP contribution is -2.23. The summed E-state index contributed by atoms with van der Waals surface area (Å²) in [7, 11) is -3.84. The van der Waals surface area contributed by atoms with Crippen LogP contribution in [0.15, 0.2) is 70.2 Å². The van der Waals surface area contributed by atoms with E-state index in [-0.39, 0.29) is 22.7 Å². The number of amides is 1. The molecule has 0 aliphatic carbocycles. The van der Waals surface area contributed by atoms with Gasteiger partial charge in [0.15, 0.2) is 11.6 Å². The van der Waals surface area contributed by atoms with Crippen molar-refractivity contribution in [1.29, 1.82) is 0 Å². The summed E-state index contributed by atoms with van der Waals surface area (Å²) in [4.78, 5) is 12.1. The monoisotopic (exact) mass is 392 g/mol. The fourth-order valence-electron chi connectivity index (χ4n) is 2.24. The van der Waals surface area contributed by atoms with Crippen molar-refractivity contribution in [2.75, 3.05) is 5.32 Å². The molecule has 0 bridgehead atoms. The van der Waals surface area contributed by atoms with Crippen LogP contribution in [0.3, 0.4) is 0 Å². The summed E-state index contributed by atoms with van der Waals surface area (Å²) in [6.07, 6.45) is 1.43. The lowest BCUT2D eigenvalue weighted by atomic mass is 10.2. The first-order chi connectivity index (χ1) is 12.8. The second-order valence-corrected chi connectivity index (χ2v) is 7.28. The number of hydrogen-bond donors (Lipinski definition) is 2. The standard InChI is InChI=1S/C18H14F2N2O4S/c19-16-7-6-12(9-17(16)20)18(23)22-13-3-1-5-15(10-13)27(24,25)21-11-14-4-2-8-26-14/h1-10,21H,11H2,(H,22,23). The minimum absolute atomic E-state index is 0.0270. The quantitative estimate of drug-likeness (QED) is 0.674. The van der Waals surface area contributed by atoms with Crippen LogP contribution in [0.25, 0.3) is 0 Å². The van der Waals surface area contributed by atoms with E-state index in [0.29, 0.717) is 5.76 Å². The Hall–Kier alpha value is -3.04. The number of anilines is 1. The predicted molar refractivity (Wildman–Crippen MR) is 93.5 cm³/mol. The number of carbonyl (C=O) groups excluding carboxylic acids is 1. The summed E-state index contributed by atoms with van der Waals surface area (Å²) < 4.78 is 58.4. The summed E-state index contributed by atoms with van der Waals surface area (Å²) in [5.74, 6) is -2.48. The van der Waals surface area contributed by atoms with Crippen LogP contribution < -0.4 is 10.0 Å². The summed E-state index contributed by atoms with van der Waals surface area (Å²) in [5, 5.41) is 2.45. The fourth-order valence-corrected chi connectivity index (χ4v) is 3.28. The molecule has 27 heavy (non-hydrogen) atoms. The van der Waals surface area contributed by atoms with Crippen LogP contribution in [-0.4, -0.2) is 14.3 Å². The number of benzene rings is 2. The molecule has 3 rings (SSSR count). The first-order valence-corrected chi connectivity index (χ1v) is 9.22. The van der Waals surface area contributed by atoms with Crippen LogP contribution in [0.1, 0.15) is 16.1 Å². The van der Waals surface area contributed by atoms with E-state index < -0.39 is 27.6 Å². The SMILES string of the molecule is O=C(Nc1cccc(S(=O)(=O)NCc2ccco2)c1)c1ccc(F)c(F)c1. The van der Waals surface area contributed by atoms with E-state index in [0.717, 1.165) is 18.2 Å². The second-order valence-electron chi connectivity index (χ2n) is 5.51. The fraction of sp³-hybridized carbons (Fsp3) is 0.0556. The first kappa shape index (κ1) is 18.7. The molecular formula is C18H14F2N2O4S. The number of halogens is 2. The third-order valence-electron chi connectivity index (χ3n) is 3.60. The number of hydrogen-bond acceptors (Lipinski definition) is 4. The van der Waals surface area contributed by atoms with Crippen molar-refractivity contribution in [2.24, 2.45) is 0 Å². The minimum Gasteiger partial charge on any atom is -0.468 e. The Morgan fingerprint density at radius 3 is 2.52 bits per heavy atom. The van der Waals surface area contributed by atoms with Gasteiger partial charge in [-0.25, -0.2) is 21.9 Å². The molecule has 0 saturated heterocycles. The zero-order chi connectivity index (χ0) is 19.4. The summed E-state index contributed by atoms with van der Waals surface area (Å²) in [6.45, 7) is -0.0270. The van der Waals surface area contributed by atoms with Crippen LogP contribution in [0, 0.1) is 11.6 Å². The Labute approximate surface area is 153 Å². The third kappa shape index (κ3) is 4.57. The number of sulfonamides is 1. The van der Waals surface area contributed by atoms with Crippen molar-refractivity contribution >= 4 is 21.6 Å². The van der Waals surface area contributed by atoms with Gasteiger partial charge in [0.2, 0.25) is 10.0 Å². The number of furan rings is 1. The summed E-state index contributed by atoms with van der Waals surface area (Å²) >= 11 is 0. The molecule has 140 valence electrons. The van der Waals surface area contributed by atoms with Gasteiger partial charge in [0.1, 0.15) is 5.76 Å². The van der Waals surface area contributed by atoms with Gasteiger partial charge in [-0.2, -0.15) is 0 Å². The van der Waals surface area contributed by atoms with Crippen molar-refractivity contribution < 1.29 is 26.4 Å². The van der Waals surface area contributed by atoms with Crippen LogP contribution in [0.5, 0.6) is 0 Å². The van der Waals surface area contributed by atoms with Crippen LogP contribution in [-0.2, 0) is 16.6 Å². The van der Waals surface area contributed by atoms with E-state index >= 15 is 0 Å². The Morgan fingerprint density at radius 1 is 1.00 bits per heavy atom. The molecule has 9 heteroatoms. The Morgan fingerprint density at radius 2 is 1.81 bits per heavy atom. The van der Waals surface area contributed by atoms with Gasteiger partial charge in [-0.3, -0.25) is 4.79 Å². The number of carbonyl (C=O) groups is 1. The predicted octanol–water partition coefficient (Wildman–Crippen LogP) is 3.29. The first-order valence-electron chi connectivity index (χ1n) is 7.74. The zero-order valence-electron chi connectivity index (χ0n) is 13.8. The van der Waals surface area contributed by atoms with Crippen LogP contribution >= 0.6 is 0 Å². The van der Waals surface area contributed by atoms with Gasteiger partial charge in [0, 0.05) is 11.3 Å². The van der Waals surface area contributed by atoms with Gasteiger partial charge in [0.05, 0.1) is 17.7 Å². The van der Waals surface area contributed by atoms with Gasteiger partial charge in [-0.15, -0.1) is 0 Å². The van der Waals surface area contributed by atoms with Crippen LogP contribution in [0.4, 0.5) is 14.5 Å². The summed E-state index contributed by atoms with van der Waals surface area (Å²) in [5.41, 5.74) is 0.0868. The van der Waals surface area contributed by atoms with Gasteiger partial charge in [-0.05, 0) is 48.5 Å². The topological polar surface area (TPSA) is 88.4 Å². The molecule has 0 aliphatic rings. The minimum atomic E-state index is -3.84. The zero-order valence-corrected chi connectivity index (χ0v) is 14.6. The largest absolute Gasteiger partial charge is 0.468 e. The van der Waals surface area contributed by atoms with E-state index in [1.54, 1.807) is 12.1 Å². The van der Waals surface area contributed by atoms with E-state index in [1.165, 1.54) is 30.5 Å². The average Bonchev–Trinajstić information content (AvgIpc) is 3.16. The van der Waals surface area contributed by atoms with E-state index in [2.05, 4.69) is 10.0 Å². The molecule has 0 unspecified atom stereocenters. The number of nitrogens with one attached hydrogen (secondary N) is 2. The smallest absolute Gasteiger partial charge is 0.255 e. The third-order valence-corrected chi connectivity index (χ3v) is 5.00. The van der Waals surface area contributed by atoms with Crippen molar-refractivity contribution in [3.63, 3.8) is 0 Å². The Bertz CT molecular complexity index is 1070. The molecule has 0 atom stereocenters. The molecule has 6 nitrogen and oxygen atoms in total. The molecule has 2 N–H and O–H groups in total. The van der Waals surface area contributed by atoms with Gasteiger partial charge < -0.3 is 9.73 Å². The van der Waals surface area contributed by atoms with Crippen molar-refractivity contribution in [3.8, 4) is 0 Å². The molecule has 1 amide bonds. The maximum Gasteiger partial charge on any atom is 0.255 e. The van der Waals surface area contributed by atoms with E-state index in [4.69, 9.17) is 4.42 Å². The molecule has 1 aromatic heterocycles. The van der Waals surface area contributed by atoms with E-state index in [1.807, 2.05) is 0 Å². The highest BCUT2D eigenvalue weighted by atomic mass is 32.2. The average molecular weight is 392 g/mol. The Kier molecular flexibility index (Phi) is 5.33. The Balaban J connectivity index is 1.74.